The van der Waals surface area contributed by atoms with Crippen LogP contribution >= 0.6 is 0 Å². The molecule has 3 rings (SSSR count). The molecule has 0 N–H and O–H groups in total. The molecule has 1 aromatic carbocycles. The van der Waals surface area contributed by atoms with Crippen LogP contribution < -0.4 is 14.2 Å². The van der Waals surface area contributed by atoms with E-state index < -0.39 is 0 Å². The Labute approximate surface area is 79.9 Å². The first-order chi connectivity index (χ1) is 6.84. The molecule has 1 aliphatic heterocycles. The Balaban J connectivity index is 2.39. The van der Waals surface area contributed by atoms with Crippen LogP contribution in [0.4, 0.5) is 0 Å². The van der Waals surface area contributed by atoms with E-state index in [0.29, 0.717) is 17.0 Å². The summed E-state index contributed by atoms with van der Waals surface area (Å²) in [6.07, 6.45) is 1.46. The van der Waals surface area contributed by atoms with Gasteiger partial charge in [-0.15, -0.1) is 0 Å². The average molecular weight is 189 g/mol. The molecule has 0 saturated carbocycles. The van der Waals surface area contributed by atoms with Crippen molar-refractivity contribution in [3.8, 4) is 11.5 Å². The topological polar surface area (TPSA) is 45.4 Å². The van der Waals surface area contributed by atoms with Crippen LogP contribution in [-0.4, -0.2) is 6.79 Å². The molecule has 2 aromatic rings. The maximum absolute atomic E-state index is 11.4. The molecule has 4 nitrogen and oxygen atoms in total. The van der Waals surface area contributed by atoms with E-state index in [9.17, 15) is 5.21 Å². The summed E-state index contributed by atoms with van der Waals surface area (Å²) in [6.45, 7) is 0.227. The highest BCUT2D eigenvalue weighted by Gasteiger charge is 2.16. The SMILES string of the molecule is [O-][n+]1cccc2cc3c(cc21)OCO3. The smallest absolute Gasteiger partial charge is 0.231 e. The Morgan fingerprint density at radius 3 is 2.86 bits per heavy atom. The number of fused-ring (bicyclic) bond motifs is 2. The Morgan fingerprint density at radius 2 is 2.00 bits per heavy atom. The number of hydrogen-bond acceptors (Lipinski definition) is 3. The van der Waals surface area contributed by atoms with Crippen LogP contribution in [0, 0.1) is 5.21 Å². The minimum atomic E-state index is 0.227. The van der Waals surface area contributed by atoms with Gasteiger partial charge in [0.1, 0.15) is 0 Å². The third kappa shape index (κ3) is 0.907. The van der Waals surface area contributed by atoms with Crippen LogP contribution in [0.1, 0.15) is 0 Å². The van der Waals surface area contributed by atoms with Gasteiger partial charge in [0.15, 0.2) is 17.7 Å². The normalized spacial score (nSPS) is 13.4. The Kier molecular flexibility index (Phi) is 1.33. The van der Waals surface area contributed by atoms with Gasteiger partial charge in [-0.1, -0.05) is 0 Å². The van der Waals surface area contributed by atoms with Crippen molar-refractivity contribution < 1.29 is 14.2 Å². The lowest BCUT2D eigenvalue weighted by Crippen LogP contribution is -2.25. The van der Waals surface area contributed by atoms with Gasteiger partial charge in [0.2, 0.25) is 12.3 Å². The molecule has 0 atom stereocenters. The number of benzene rings is 1. The first-order valence-electron chi connectivity index (χ1n) is 4.26. The van der Waals surface area contributed by atoms with Crippen LogP contribution in [-0.2, 0) is 0 Å². The zero-order valence-corrected chi connectivity index (χ0v) is 7.27. The molecule has 0 unspecified atom stereocenters. The van der Waals surface area contributed by atoms with Crippen molar-refractivity contribution in [2.24, 2.45) is 0 Å². The lowest BCUT2D eigenvalue weighted by Gasteiger charge is -2.01. The second-order valence-corrected chi connectivity index (χ2v) is 3.10. The Hall–Kier alpha value is -1.97. The quantitative estimate of drug-likeness (QED) is 0.462. The molecule has 0 bridgehead atoms. The standard InChI is InChI=1S/C10H7NO3/c12-11-3-1-2-7-4-9-10(5-8(7)11)14-6-13-9/h1-5H,6H2. The van der Waals surface area contributed by atoms with Gasteiger partial charge in [0.05, 0.1) is 11.5 Å². The van der Waals surface area contributed by atoms with Gasteiger partial charge < -0.3 is 14.7 Å². The molecule has 1 aliphatic rings. The van der Waals surface area contributed by atoms with Gasteiger partial charge in [0, 0.05) is 6.07 Å². The van der Waals surface area contributed by atoms with Gasteiger partial charge in [0.25, 0.3) is 0 Å². The summed E-state index contributed by atoms with van der Waals surface area (Å²) in [6, 6.07) is 7.08. The van der Waals surface area contributed by atoms with E-state index in [4.69, 9.17) is 9.47 Å². The summed E-state index contributed by atoms with van der Waals surface area (Å²) in [7, 11) is 0. The molecule has 2 heterocycles. The van der Waals surface area contributed by atoms with Crippen molar-refractivity contribution >= 4 is 10.9 Å². The average Bonchev–Trinajstić information content (AvgIpc) is 2.62. The molecule has 0 aliphatic carbocycles. The highest BCUT2D eigenvalue weighted by molar-refractivity contribution is 5.80. The molecule has 0 fully saturated rings. The molecule has 70 valence electrons. The number of rotatable bonds is 0. The summed E-state index contributed by atoms with van der Waals surface area (Å²) in [5.41, 5.74) is 0.594. The van der Waals surface area contributed by atoms with E-state index >= 15 is 0 Å². The first-order valence-corrected chi connectivity index (χ1v) is 4.26. The lowest BCUT2D eigenvalue weighted by molar-refractivity contribution is -0.577. The predicted octanol–water partition coefficient (Wildman–Crippen LogP) is 1.20. The fraction of sp³-hybridized carbons (Fsp3) is 0.100. The Morgan fingerprint density at radius 1 is 1.21 bits per heavy atom. The highest BCUT2D eigenvalue weighted by Crippen LogP contribution is 2.34. The molecule has 1 aromatic heterocycles. The van der Waals surface area contributed by atoms with E-state index in [1.807, 2.05) is 12.1 Å². The van der Waals surface area contributed by atoms with Crippen molar-refractivity contribution in [2.75, 3.05) is 6.79 Å². The second kappa shape index (κ2) is 2.51. The fourth-order valence-electron chi connectivity index (χ4n) is 1.58. The van der Waals surface area contributed by atoms with Crippen molar-refractivity contribution in [1.82, 2.24) is 0 Å². The van der Waals surface area contributed by atoms with Gasteiger partial charge in [-0.25, -0.2) is 0 Å². The fourth-order valence-corrected chi connectivity index (χ4v) is 1.58. The van der Waals surface area contributed by atoms with E-state index in [2.05, 4.69) is 0 Å². The molecule has 4 heteroatoms. The van der Waals surface area contributed by atoms with Crippen LogP contribution in [0.25, 0.3) is 10.9 Å². The van der Waals surface area contributed by atoms with Crippen LogP contribution in [0.3, 0.4) is 0 Å². The van der Waals surface area contributed by atoms with Crippen molar-refractivity contribution in [2.45, 2.75) is 0 Å². The zero-order chi connectivity index (χ0) is 9.54. The van der Waals surface area contributed by atoms with E-state index in [0.717, 1.165) is 10.1 Å². The van der Waals surface area contributed by atoms with Crippen LogP contribution in [0.15, 0.2) is 30.5 Å². The maximum Gasteiger partial charge on any atom is 0.231 e. The summed E-state index contributed by atoms with van der Waals surface area (Å²) in [5, 5.41) is 12.3. The number of ether oxygens (including phenoxy) is 2. The highest BCUT2D eigenvalue weighted by atomic mass is 16.7. The molecule has 0 radical (unpaired) electrons. The van der Waals surface area contributed by atoms with Gasteiger partial charge in [-0.2, -0.15) is 4.73 Å². The third-order valence-corrected chi connectivity index (χ3v) is 2.26. The van der Waals surface area contributed by atoms with E-state index in [-0.39, 0.29) is 6.79 Å². The van der Waals surface area contributed by atoms with Crippen LogP contribution in [0.2, 0.25) is 0 Å². The van der Waals surface area contributed by atoms with E-state index in [1.165, 1.54) is 6.20 Å². The largest absolute Gasteiger partial charge is 0.618 e. The maximum atomic E-state index is 11.4. The summed E-state index contributed by atoms with van der Waals surface area (Å²) in [5.74, 6) is 1.33. The number of nitrogens with zero attached hydrogens (tertiary/aromatic N) is 1. The minimum absolute atomic E-state index is 0.227. The Bertz CT molecular complexity index is 510. The molecular weight excluding hydrogens is 182 g/mol. The molecular formula is C10H7NO3. The monoisotopic (exact) mass is 189 g/mol. The predicted molar refractivity (Wildman–Crippen MR) is 49.0 cm³/mol. The summed E-state index contributed by atoms with van der Waals surface area (Å²) in [4.78, 5) is 0. The number of aromatic nitrogens is 1. The zero-order valence-electron chi connectivity index (χ0n) is 7.27. The molecule has 0 spiro atoms. The lowest BCUT2D eigenvalue weighted by atomic mass is 10.2. The van der Waals surface area contributed by atoms with Gasteiger partial charge in [-0.05, 0) is 12.1 Å². The molecule has 0 amide bonds. The molecule has 14 heavy (non-hydrogen) atoms. The first kappa shape index (κ1) is 7.44. The van der Waals surface area contributed by atoms with Crippen molar-refractivity contribution in [3.05, 3.63) is 35.7 Å². The van der Waals surface area contributed by atoms with Crippen LogP contribution in [0.5, 0.6) is 11.5 Å². The number of pyridine rings is 1. The second-order valence-electron chi connectivity index (χ2n) is 3.10. The van der Waals surface area contributed by atoms with Crippen molar-refractivity contribution in [3.63, 3.8) is 0 Å². The third-order valence-electron chi connectivity index (χ3n) is 2.26. The summed E-state index contributed by atoms with van der Waals surface area (Å²) < 4.78 is 11.2. The van der Waals surface area contributed by atoms with Gasteiger partial charge >= 0.3 is 0 Å². The number of hydrogen-bond donors (Lipinski definition) is 0. The summed E-state index contributed by atoms with van der Waals surface area (Å²) >= 11 is 0. The van der Waals surface area contributed by atoms with E-state index in [1.54, 1.807) is 12.1 Å². The minimum Gasteiger partial charge on any atom is -0.618 e. The van der Waals surface area contributed by atoms with Gasteiger partial charge in [-0.3, -0.25) is 0 Å². The van der Waals surface area contributed by atoms with Crippen molar-refractivity contribution in [1.29, 1.82) is 0 Å². The molecule has 0 saturated heterocycles.